The van der Waals surface area contributed by atoms with Crippen molar-refractivity contribution in [2.45, 2.75) is 44.7 Å². The number of likely N-dealkylation sites (tertiary alicyclic amines) is 2. The summed E-state index contributed by atoms with van der Waals surface area (Å²) in [5.41, 5.74) is 2.64. The van der Waals surface area contributed by atoms with Crippen LogP contribution in [-0.2, 0) is 11.3 Å². The lowest BCUT2D eigenvalue weighted by Gasteiger charge is -2.48. The van der Waals surface area contributed by atoms with Gasteiger partial charge in [0.1, 0.15) is 0 Å². The van der Waals surface area contributed by atoms with Crippen LogP contribution >= 0.6 is 11.3 Å². The molecule has 28 heavy (non-hydrogen) atoms. The van der Waals surface area contributed by atoms with Gasteiger partial charge in [0.15, 0.2) is 0 Å². The molecule has 148 valence electrons. The number of aromatic nitrogens is 1. The van der Waals surface area contributed by atoms with E-state index in [9.17, 15) is 9.59 Å². The van der Waals surface area contributed by atoms with Gasteiger partial charge in [0.2, 0.25) is 5.91 Å². The van der Waals surface area contributed by atoms with Crippen molar-refractivity contribution < 1.29 is 4.79 Å². The number of carbonyl (C=O) groups is 1. The van der Waals surface area contributed by atoms with Crippen molar-refractivity contribution in [3.8, 4) is 10.4 Å². The number of thiophene rings is 1. The van der Waals surface area contributed by atoms with Crippen molar-refractivity contribution in [2.24, 2.45) is 5.92 Å². The maximum absolute atomic E-state index is 12.6. The number of piperidine rings is 2. The maximum Gasteiger partial charge on any atom is 0.250 e. The van der Waals surface area contributed by atoms with Crippen LogP contribution in [0.3, 0.4) is 0 Å². The third-order valence-electron chi connectivity index (χ3n) is 6.83. The molecule has 5 heterocycles. The lowest BCUT2D eigenvalue weighted by molar-refractivity contribution is -0.130. The first-order valence-corrected chi connectivity index (χ1v) is 11.3. The van der Waals surface area contributed by atoms with Gasteiger partial charge in [-0.3, -0.25) is 14.5 Å². The second kappa shape index (κ2) is 7.16. The molecule has 0 unspecified atom stereocenters. The van der Waals surface area contributed by atoms with E-state index in [-0.39, 0.29) is 11.5 Å². The van der Waals surface area contributed by atoms with Crippen molar-refractivity contribution in [3.63, 3.8) is 0 Å². The van der Waals surface area contributed by atoms with Gasteiger partial charge < -0.3 is 9.47 Å². The molecule has 0 saturated carbocycles. The minimum absolute atomic E-state index is 0.147. The predicted molar refractivity (Wildman–Crippen MR) is 112 cm³/mol. The van der Waals surface area contributed by atoms with Crippen molar-refractivity contribution in [3.05, 3.63) is 45.7 Å². The second-order valence-corrected chi connectivity index (χ2v) is 9.50. The van der Waals surface area contributed by atoms with Gasteiger partial charge in [0.05, 0.1) is 0 Å². The molecule has 2 atom stereocenters. The van der Waals surface area contributed by atoms with Crippen LogP contribution in [0.15, 0.2) is 34.4 Å². The van der Waals surface area contributed by atoms with E-state index in [2.05, 4.69) is 27.0 Å². The van der Waals surface area contributed by atoms with E-state index in [1.165, 1.54) is 22.6 Å². The first kappa shape index (κ1) is 18.1. The highest BCUT2D eigenvalue weighted by atomic mass is 32.1. The molecule has 5 nitrogen and oxygen atoms in total. The summed E-state index contributed by atoms with van der Waals surface area (Å²) in [7, 11) is 0. The van der Waals surface area contributed by atoms with Gasteiger partial charge in [-0.25, -0.2) is 0 Å². The van der Waals surface area contributed by atoms with E-state index in [4.69, 9.17) is 0 Å². The van der Waals surface area contributed by atoms with E-state index in [1.807, 2.05) is 11.0 Å². The van der Waals surface area contributed by atoms with Crippen LogP contribution in [-0.4, -0.2) is 52.5 Å². The third kappa shape index (κ3) is 3.12. The molecule has 0 radical (unpaired) electrons. The van der Waals surface area contributed by atoms with Crippen LogP contribution in [0, 0.1) is 5.92 Å². The average Bonchev–Trinajstić information content (AvgIpc) is 3.23. The van der Waals surface area contributed by atoms with Crippen LogP contribution in [0.25, 0.3) is 10.4 Å². The van der Waals surface area contributed by atoms with Crippen LogP contribution in [0.1, 0.15) is 37.8 Å². The first-order valence-electron chi connectivity index (χ1n) is 10.4. The molecule has 0 N–H and O–H groups in total. The number of nitrogens with zero attached hydrogens (tertiary/aromatic N) is 3. The normalized spacial score (nSPS) is 25.5. The molecular formula is C22H27N3O2S. The standard InChI is InChI=1S/C22H27N3O2S/c1-15(26)23-8-6-18(7-9-23)24-12-16-11-17(14-24)22-19(20-3-2-10-28-20)4-5-21(27)25(22)13-16/h2-5,10,16-18H,6-9,11-14H2,1H3/t16-,17-/m1/s1. The number of rotatable bonds is 2. The fraction of sp³-hybridized carbons (Fsp3) is 0.545. The summed E-state index contributed by atoms with van der Waals surface area (Å²) in [6.45, 7) is 6.38. The van der Waals surface area contributed by atoms with E-state index < -0.39 is 0 Å². The Bertz CT molecular complexity index is 928. The summed E-state index contributed by atoms with van der Waals surface area (Å²) in [4.78, 5) is 30.2. The summed E-state index contributed by atoms with van der Waals surface area (Å²) in [6.07, 6.45) is 3.32. The summed E-state index contributed by atoms with van der Waals surface area (Å²) in [5, 5.41) is 2.11. The minimum atomic E-state index is 0.147. The molecule has 2 fully saturated rings. The van der Waals surface area contributed by atoms with Gasteiger partial charge in [-0.05, 0) is 42.7 Å². The maximum atomic E-state index is 12.6. The molecule has 0 spiro atoms. The first-order chi connectivity index (χ1) is 13.6. The van der Waals surface area contributed by atoms with Gasteiger partial charge in [0, 0.05) is 73.8 Å². The Hall–Kier alpha value is -1.92. The molecule has 3 aliphatic rings. The number of fused-ring (bicyclic) bond motifs is 4. The second-order valence-electron chi connectivity index (χ2n) is 8.55. The molecule has 2 aromatic heterocycles. The Kier molecular flexibility index (Phi) is 4.63. The Morgan fingerprint density at radius 2 is 1.93 bits per heavy atom. The molecule has 0 aromatic carbocycles. The highest BCUT2D eigenvalue weighted by Crippen LogP contribution is 2.41. The Morgan fingerprint density at radius 1 is 1.11 bits per heavy atom. The number of pyridine rings is 1. The lowest BCUT2D eigenvalue weighted by Crippen LogP contribution is -2.53. The van der Waals surface area contributed by atoms with Crippen molar-refractivity contribution in [1.29, 1.82) is 0 Å². The third-order valence-corrected chi connectivity index (χ3v) is 7.73. The molecule has 2 saturated heterocycles. The van der Waals surface area contributed by atoms with E-state index in [0.717, 1.165) is 45.6 Å². The quantitative estimate of drug-likeness (QED) is 0.783. The molecule has 2 aromatic rings. The monoisotopic (exact) mass is 397 g/mol. The van der Waals surface area contributed by atoms with E-state index in [0.29, 0.717) is 17.9 Å². The van der Waals surface area contributed by atoms with E-state index in [1.54, 1.807) is 24.3 Å². The zero-order chi connectivity index (χ0) is 19.3. The molecule has 0 aliphatic carbocycles. The van der Waals surface area contributed by atoms with Crippen LogP contribution < -0.4 is 5.56 Å². The summed E-state index contributed by atoms with van der Waals surface area (Å²) < 4.78 is 2.06. The Labute approximate surface area is 169 Å². The molecule has 1 amide bonds. The van der Waals surface area contributed by atoms with Crippen LogP contribution in [0.5, 0.6) is 0 Å². The number of amides is 1. The predicted octanol–water partition coefficient (Wildman–Crippen LogP) is 3.01. The van der Waals surface area contributed by atoms with Crippen molar-refractivity contribution in [2.75, 3.05) is 26.2 Å². The van der Waals surface area contributed by atoms with Gasteiger partial charge in [0.25, 0.3) is 5.56 Å². The highest BCUT2D eigenvalue weighted by Gasteiger charge is 2.39. The van der Waals surface area contributed by atoms with Crippen molar-refractivity contribution >= 4 is 17.2 Å². The zero-order valence-corrected chi connectivity index (χ0v) is 17.2. The van der Waals surface area contributed by atoms with Crippen LogP contribution in [0.4, 0.5) is 0 Å². The minimum Gasteiger partial charge on any atom is -0.343 e. The van der Waals surface area contributed by atoms with E-state index >= 15 is 0 Å². The van der Waals surface area contributed by atoms with Gasteiger partial charge >= 0.3 is 0 Å². The highest BCUT2D eigenvalue weighted by molar-refractivity contribution is 7.13. The van der Waals surface area contributed by atoms with Crippen molar-refractivity contribution in [1.82, 2.24) is 14.4 Å². The largest absolute Gasteiger partial charge is 0.343 e. The summed E-state index contributed by atoms with van der Waals surface area (Å²) >= 11 is 1.75. The molecule has 3 aliphatic heterocycles. The SMILES string of the molecule is CC(=O)N1CCC(N2C[C@H]3C[C@H](C2)c2c(-c4cccs4)ccc(=O)n2C3)CC1. The summed E-state index contributed by atoms with van der Waals surface area (Å²) in [6, 6.07) is 8.59. The number of hydrogen-bond donors (Lipinski definition) is 0. The smallest absolute Gasteiger partial charge is 0.250 e. The molecule has 5 rings (SSSR count). The fourth-order valence-electron chi connectivity index (χ4n) is 5.54. The van der Waals surface area contributed by atoms with Gasteiger partial charge in [-0.2, -0.15) is 0 Å². The fourth-order valence-corrected chi connectivity index (χ4v) is 6.30. The van der Waals surface area contributed by atoms with Gasteiger partial charge in [-0.15, -0.1) is 11.3 Å². The summed E-state index contributed by atoms with van der Waals surface area (Å²) in [5.74, 6) is 1.17. The van der Waals surface area contributed by atoms with Crippen LogP contribution in [0.2, 0.25) is 0 Å². The molecular weight excluding hydrogens is 370 g/mol. The average molecular weight is 398 g/mol. The Morgan fingerprint density at radius 3 is 2.64 bits per heavy atom. The zero-order valence-electron chi connectivity index (χ0n) is 16.3. The molecule has 2 bridgehead atoms. The Balaban J connectivity index is 1.43. The number of carbonyl (C=O) groups excluding carboxylic acids is 1. The lowest BCUT2D eigenvalue weighted by atomic mass is 9.80. The van der Waals surface area contributed by atoms with Gasteiger partial charge in [-0.1, -0.05) is 6.07 Å². The number of hydrogen-bond acceptors (Lipinski definition) is 4. The topological polar surface area (TPSA) is 45.6 Å². The molecule has 6 heteroatoms.